The molecule has 1 saturated carbocycles. The molecule has 1 aromatic carbocycles. The summed E-state index contributed by atoms with van der Waals surface area (Å²) in [6.45, 7) is 7.34. The van der Waals surface area contributed by atoms with Crippen molar-refractivity contribution in [2.45, 2.75) is 76.5 Å². The normalized spacial score (nSPS) is 30.3. The van der Waals surface area contributed by atoms with Gasteiger partial charge in [0, 0.05) is 37.6 Å². The largest absolute Gasteiger partial charge is 0.354 e. The van der Waals surface area contributed by atoms with Gasteiger partial charge in [-0.25, -0.2) is 0 Å². The summed E-state index contributed by atoms with van der Waals surface area (Å²) < 4.78 is 0. The summed E-state index contributed by atoms with van der Waals surface area (Å²) in [5, 5.41) is 6.91. The minimum Gasteiger partial charge on any atom is -0.354 e. The van der Waals surface area contributed by atoms with Crippen molar-refractivity contribution in [3.05, 3.63) is 35.9 Å². The Kier molecular flexibility index (Phi) is 6.13. The quantitative estimate of drug-likeness (QED) is 0.834. The second kappa shape index (κ2) is 8.33. The Hall–Kier alpha value is -1.39. The molecule has 1 heterocycles. The topological polar surface area (TPSA) is 44.4 Å². The lowest BCUT2D eigenvalue weighted by Gasteiger charge is -2.38. The van der Waals surface area contributed by atoms with E-state index in [0.717, 1.165) is 25.9 Å². The molecule has 25 heavy (non-hydrogen) atoms. The van der Waals surface area contributed by atoms with Crippen LogP contribution in [0.25, 0.3) is 0 Å². The van der Waals surface area contributed by atoms with Crippen molar-refractivity contribution in [3.63, 3.8) is 0 Å². The summed E-state index contributed by atoms with van der Waals surface area (Å²) in [7, 11) is 0. The van der Waals surface area contributed by atoms with Crippen molar-refractivity contribution in [3.8, 4) is 0 Å². The Labute approximate surface area is 152 Å². The molecule has 2 fully saturated rings. The number of nitrogens with zero attached hydrogens (tertiary/aromatic N) is 1. The molecule has 2 aliphatic rings. The number of rotatable bonds is 6. The molecule has 4 heteroatoms. The third-order valence-electron chi connectivity index (χ3n) is 6.03. The second-order valence-corrected chi connectivity index (χ2v) is 8.14. The van der Waals surface area contributed by atoms with Gasteiger partial charge < -0.3 is 10.6 Å². The van der Waals surface area contributed by atoms with Gasteiger partial charge in [-0.3, -0.25) is 9.69 Å². The van der Waals surface area contributed by atoms with Crippen LogP contribution in [-0.4, -0.2) is 41.5 Å². The van der Waals surface area contributed by atoms with E-state index in [4.69, 9.17) is 0 Å². The molecule has 0 unspecified atom stereocenters. The summed E-state index contributed by atoms with van der Waals surface area (Å²) in [6, 6.07) is 11.8. The predicted molar refractivity (Wildman–Crippen MR) is 102 cm³/mol. The van der Waals surface area contributed by atoms with Crippen molar-refractivity contribution in [1.82, 2.24) is 15.5 Å². The number of amides is 1. The van der Waals surface area contributed by atoms with Crippen molar-refractivity contribution in [2.75, 3.05) is 13.1 Å². The third-order valence-corrected chi connectivity index (χ3v) is 6.03. The minimum absolute atomic E-state index is 0.103. The molecule has 1 aromatic rings. The summed E-state index contributed by atoms with van der Waals surface area (Å²) in [5.41, 5.74) is 1.66. The zero-order valence-electron chi connectivity index (χ0n) is 15.8. The molecule has 2 N–H and O–H groups in total. The van der Waals surface area contributed by atoms with E-state index in [0.29, 0.717) is 12.1 Å². The molecular formula is C21H33N3O. The minimum atomic E-state index is 0.103. The van der Waals surface area contributed by atoms with Gasteiger partial charge in [-0.1, -0.05) is 30.3 Å². The number of likely N-dealkylation sites (tertiary alicyclic amines) is 1. The molecule has 4 nitrogen and oxygen atoms in total. The summed E-state index contributed by atoms with van der Waals surface area (Å²) >= 11 is 0. The molecule has 1 aliphatic heterocycles. The van der Waals surface area contributed by atoms with Crippen LogP contribution in [-0.2, 0) is 11.3 Å². The molecule has 0 radical (unpaired) electrons. The highest BCUT2D eigenvalue weighted by molar-refractivity contribution is 5.73. The van der Waals surface area contributed by atoms with Gasteiger partial charge in [-0.15, -0.1) is 0 Å². The first-order valence-electron chi connectivity index (χ1n) is 9.85. The maximum absolute atomic E-state index is 11.2. The Bertz CT molecular complexity index is 554. The number of carbonyl (C=O) groups excluding carboxylic acids is 1. The Morgan fingerprint density at radius 2 is 1.84 bits per heavy atom. The molecule has 0 spiro atoms. The van der Waals surface area contributed by atoms with Crippen LogP contribution in [0.1, 0.15) is 57.9 Å². The number of hydrogen-bond donors (Lipinski definition) is 2. The van der Waals surface area contributed by atoms with E-state index < -0.39 is 0 Å². The van der Waals surface area contributed by atoms with Gasteiger partial charge in [0.25, 0.3) is 0 Å². The lowest BCUT2D eigenvalue weighted by Crippen LogP contribution is -2.51. The number of nitrogens with one attached hydrogen (secondary N) is 2. The lowest BCUT2D eigenvalue weighted by molar-refractivity contribution is -0.119. The fourth-order valence-electron chi connectivity index (χ4n) is 4.45. The summed E-state index contributed by atoms with van der Waals surface area (Å²) in [4.78, 5) is 13.8. The molecular weight excluding hydrogens is 310 g/mol. The van der Waals surface area contributed by atoms with E-state index in [-0.39, 0.29) is 11.4 Å². The maximum atomic E-state index is 11.2. The zero-order chi connectivity index (χ0) is 17.7. The fourth-order valence-corrected chi connectivity index (χ4v) is 4.45. The van der Waals surface area contributed by atoms with E-state index in [2.05, 4.69) is 52.8 Å². The van der Waals surface area contributed by atoms with Gasteiger partial charge in [0.2, 0.25) is 5.91 Å². The van der Waals surface area contributed by atoms with Gasteiger partial charge in [0.1, 0.15) is 0 Å². The number of benzene rings is 1. The van der Waals surface area contributed by atoms with Gasteiger partial charge in [-0.2, -0.15) is 0 Å². The highest BCUT2D eigenvalue weighted by atomic mass is 16.1. The molecule has 1 aliphatic carbocycles. The van der Waals surface area contributed by atoms with Crippen LogP contribution < -0.4 is 10.6 Å². The first kappa shape index (κ1) is 18.4. The standard InChI is InChI=1S/C21H33N3O/c1-17(25)23-20-11-9-19(10-12-20)22-16-21(2)13-6-14-24(21)15-18-7-4-3-5-8-18/h3-5,7-8,19-20,22H,6,9-16H2,1-2H3,(H,23,25)/t19?,20?,21-/m1/s1. The average Bonchev–Trinajstić information content (AvgIpc) is 2.96. The van der Waals surface area contributed by atoms with E-state index in [9.17, 15) is 4.79 Å². The van der Waals surface area contributed by atoms with E-state index >= 15 is 0 Å². The highest BCUT2D eigenvalue weighted by Gasteiger charge is 2.36. The van der Waals surface area contributed by atoms with Gasteiger partial charge in [-0.05, 0) is 57.6 Å². The third kappa shape index (κ3) is 5.05. The summed E-state index contributed by atoms with van der Waals surface area (Å²) in [5.74, 6) is 0.103. The monoisotopic (exact) mass is 343 g/mol. The van der Waals surface area contributed by atoms with Crippen LogP contribution in [0.5, 0.6) is 0 Å². The molecule has 1 atom stereocenters. The molecule has 1 amide bonds. The molecule has 1 saturated heterocycles. The van der Waals surface area contributed by atoms with Crippen molar-refractivity contribution < 1.29 is 4.79 Å². The Morgan fingerprint density at radius 1 is 1.16 bits per heavy atom. The van der Waals surface area contributed by atoms with Crippen LogP contribution in [0, 0.1) is 0 Å². The van der Waals surface area contributed by atoms with E-state index in [1.54, 1.807) is 6.92 Å². The molecule has 0 aromatic heterocycles. The van der Waals surface area contributed by atoms with E-state index in [1.165, 1.54) is 37.8 Å². The first-order chi connectivity index (χ1) is 12.0. The van der Waals surface area contributed by atoms with E-state index in [1.807, 2.05) is 0 Å². The van der Waals surface area contributed by atoms with Crippen LogP contribution in [0.3, 0.4) is 0 Å². The van der Waals surface area contributed by atoms with Crippen molar-refractivity contribution in [2.24, 2.45) is 0 Å². The maximum Gasteiger partial charge on any atom is 0.217 e. The van der Waals surface area contributed by atoms with Crippen molar-refractivity contribution >= 4 is 5.91 Å². The van der Waals surface area contributed by atoms with Crippen LogP contribution in [0.4, 0.5) is 0 Å². The lowest BCUT2D eigenvalue weighted by atomic mass is 9.90. The van der Waals surface area contributed by atoms with Crippen molar-refractivity contribution in [1.29, 1.82) is 0 Å². The smallest absolute Gasteiger partial charge is 0.217 e. The van der Waals surface area contributed by atoms with Crippen LogP contribution in [0.15, 0.2) is 30.3 Å². The van der Waals surface area contributed by atoms with Gasteiger partial charge >= 0.3 is 0 Å². The predicted octanol–water partition coefficient (Wildman–Crippen LogP) is 3.08. The highest BCUT2D eigenvalue weighted by Crippen LogP contribution is 2.30. The summed E-state index contributed by atoms with van der Waals surface area (Å²) in [6.07, 6.45) is 7.09. The van der Waals surface area contributed by atoms with Gasteiger partial charge in [0.15, 0.2) is 0 Å². The van der Waals surface area contributed by atoms with Crippen LogP contribution in [0.2, 0.25) is 0 Å². The van der Waals surface area contributed by atoms with Gasteiger partial charge in [0.05, 0.1) is 0 Å². The van der Waals surface area contributed by atoms with Crippen LogP contribution >= 0.6 is 0 Å². The molecule has 0 bridgehead atoms. The zero-order valence-corrected chi connectivity index (χ0v) is 15.8. The number of hydrogen-bond acceptors (Lipinski definition) is 3. The Balaban J connectivity index is 1.47. The fraction of sp³-hybridized carbons (Fsp3) is 0.667. The second-order valence-electron chi connectivity index (χ2n) is 8.14. The Morgan fingerprint density at radius 3 is 2.52 bits per heavy atom. The molecule has 3 rings (SSSR count). The average molecular weight is 344 g/mol. The molecule has 138 valence electrons. The SMILES string of the molecule is CC(=O)NC1CCC(NC[C@@]2(C)CCCN2Cc2ccccc2)CC1. The first-order valence-corrected chi connectivity index (χ1v) is 9.85. The number of carbonyl (C=O) groups is 1.